The first-order chi connectivity index (χ1) is 12.8. The van der Waals surface area contributed by atoms with Crippen LogP contribution in [0.3, 0.4) is 0 Å². The van der Waals surface area contributed by atoms with Crippen LogP contribution in [-0.2, 0) is 0 Å². The largest absolute Gasteiger partial charge is 0.0955 e. The second kappa shape index (κ2) is 8.71. The van der Waals surface area contributed by atoms with E-state index in [4.69, 9.17) is 0 Å². The van der Waals surface area contributed by atoms with Crippen LogP contribution in [0.25, 0.3) is 0 Å². The van der Waals surface area contributed by atoms with Crippen molar-refractivity contribution < 1.29 is 0 Å². The van der Waals surface area contributed by atoms with Gasteiger partial charge in [0.15, 0.2) is 0 Å². The maximum Gasteiger partial charge on any atom is -0.0143 e. The van der Waals surface area contributed by atoms with Gasteiger partial charge in [-0.05, 0) is 91.9 Å². The molecule has 0 nitrogen and oxygen atoms in total. The molecule has 0 radical (unpaired) electrons. The lowest BCUT2D eigenvalue weighted by molar-refractivity contribution is 0.125. The molecule has 0 heteroatoms. The molecule has 0 aromatic heterocycles. The Morgan fingerprint density at radius 3 is 2.59 bits per heavy atom. The van der Waals surface area contributed by atoms with Gasteiger partial charge in [-0.2, -0.15) is 0 Å². The molecule has 3 rings (SSSR count). The molecule has 0 aliphatic heterocycles. The average molecular weight is 369 g/mol. The van der Waals surface area contributed by atoms with Gasteiger partial charge >= 0.3 is 0 Å². The minimum atomic E-state index is 0.573. The number of rotatable bonds is 6. The highest BCUT2D eigenvalue weighted by molar-refractivity contribution is 5.37. The van der Waals surface area contributed by atoms with E-state index in [-0.39, 0.29) is 0 Å². The van der Waals surface area contributed by atoms with E-state index in [0.717, 1.165) is 29.6 Å². The number of fused-ring (bicyclic) bond motifs is 1. The van der Waals surface area contributed by atoms with E-state index >= 15 is 0 Å². The van der Waals surface area contributed by atoms with Crippen molar-refractivity contribution in [2.75, 3.05) is 0 Å². The van der Waals surface area contributed by atoms with Crippen LogP contribution in [0.1, 0.15) is 98.8 Å². The second-order valence-corrected chi connectivity index (χ2v) is 10.9. The first-order valence-electron chi connectivity index (χ1n) is 11.9. The van der Waals surface area contributed by atoms with Crippen LogP contribution in [0.4, 0.5) is 0 Å². The third-order valence-corrected chi connectivity index (χ3v) is 8.63. The highest BCUT2D eigenvalue weighted by Gasteiger charge is 2.48. The molecule has 5 unspecified atom stereocenters. The molecular weight excluding hydrogens is 324 g/mol. The van der Waals surface area contributed by atoms with Crippen molar-refractivity contribution in [1.29, 1.82) is 0 Å². The molecule has 0 N–H and O–H groups in total. The molecule has 3 fully saturated rings. The summed E-state index contributed by atoms with van der Waals surface area (Å²) in [5, 5.41) is 0. The van der Waals surface area contributed by atoms with Crippen molar-refractivity contribution in [2.45, 2.75) is 98.8 Å². The van der Waals surface area contributed by atoms with E-state index in [1.165, 1.54) is 75.4 Å². The van der Waals surface area contributed by atoms with Gasteiger partial charge in [0.2, 0.25) is 0 Å². The normalized spacial score (nSPS) is 38.1. The molecule has 27 heavy (non-hydrogen) atoms. The van der Waals surface area contributed by atoms with Gasteiger partial charge in [-0.1, -0.05) is 77.3 Å². The zero-order chi connectivity index (χ0) is 19.6. The molecular formula is C27H44. The van der Waals surface area contributed by atoms with Crippen LogP contribution in [-0.4, -0.2) is 0 Å². The first kappa shape index (κ1) is 20.9. The highest BCUT2D eigenvalue weighted by Crippen LogP contribution is 2.58. The molecule has 0 bridgehead atoms. The molecule has 3 aliphatic carbocycles. The lowest BCUT2D eigenvalue weighted by Crippen LogP contribution is -2.33. The van der Waals surface area contributed by atoms with Crippen LogP contribution >= 0.6 is 0 Å². The van der Waals surface area contributed by atoms with Crippen molar-refractivity contribution in [2.24, 2.45) is 35.0 Å². The fourth-order valence-corrected chi connectivity index (χ4v) is 6.38. The van der Waals surface area contributed by atoms with Crippen LogP contribution in [0.2, 0.25) is 0 Å². The molecule has 0 aromatic rings. The highest BCUT2D eigenvalue weighted by atomic mass is 14.5. The van der Waals surface area contributed by atoms with Gasteiger partial charge in [0, 0.05) is 0 Å². The minimum Gasteiger partial charge on any atom is -0.0955 e. The van der Waals surface area contributed by atoms with Crippen molar-refractivity contribution in [1.82, 2.24) is 0 Å². The summed E-state index contributed by atoms with van der Waals surface area (Å²) in [6, 6.07) is 0. The SMILES string of the molecule is C=C1CC(C)C/C1=C\C=C1/CCCC2(C)C(CCCC(C)C(C)C)CCC12. The third-order valence-electron chi connectivity index (χ3n) is 8.63. The van der Waals surface area contributed by atoms with Crippen LogP contribution in [0.5, 0.6) is 0 Å². The summed E-state index contributed by atoms with van der Waals surface area (Å²) in [7, 11) is 0. The lowest BCUT2D eigenvalue weighted by Gasteiger charge is -2.42. The van der Waals surface area contributed by atoms with Crippen LogP contribution < -0.4 is 0 Å². The maximum atomic E-state index is 4.30. The zero-order valence-electron chi connectivity index (χ0n) is 18.8. The molecule has 152 valence electrons. The Balaban J connectivity index is 1.64. The summed E-state index contributed by atoms with van der Waals surface area (Å²) < 4.78 is 0. The molecule has 0 spiro atoms. The van der Waals surface area contributed by atoms with E-state index in [1.54, 1.807) is 5.57 Å². The van der Waals surface area contributed by atoms with Gasteiger partial charge in [0.25, 0.3) is 0 Å². The molecule has 0 saturated heterocycles. The quantitative estimate of drug-likeness (QED) is 0.441. The number of hydrogen-bond acceptors (Lipinski definition) is 0. The summed E-state index contributed by atoms with van der Waals surface area (Å²) >= 11 is 0. The summed E-state index contributed by atoms with van der Waals surface area (Å²) in [5.41, 5.74) is 5.26. The standard InChI is InChI=1S/C27H44/c1-19(2)21(4)9-7-11-25-14-15-26-23(10-8-16-27(25,26)6)12-13-24-18-20(3)17-22(24)5/h12-13,19-21,25-26H,5,7-11,14-18H2,1-4,6H3/b23-12+,24-13+. The summed E-state index contributed by atoms with van der Waals surface area (Å²) in [4.78, 5) is 0. The molecule has 0 aromatic carbocycles. The van der Waals surface area contributed by atoms with Gasteiger partial charge in [0.1, 0.15) is 0 Å². The lowest BCUT2D eigenvalue weighted by atomic mass is 9.62. The Morgan fingerprint density at radius 2 is 1.93 bits per heavy atom. The fraction of sp³-hybridized carbons (Fsp3) is 0.778. The second-order valence-electron chi connectivity index (χ2n) is 10.9. The summed E-state index contributed by atoms with van der Waals surface area (Å²) in [6.45, 7) is 16.5. The van der Waals surface area contributed by atoms with Crippen LogP contribution in [0, 0.1) is 35.0 Å². The van der Waals surface area contributed by atoms with E-state index < -0.39 is 0 Å². The van der Waals surface area contributed by atoms with Gasteiger partial charge in [-0.3, -0.25) is 0 Å². The van der Waals surface area contributed by atoms with Crippen molar-refractivity contribution >= 4 is 0 Å². The molecule has 0 amide bonds. The average Bonchev–Trinajstić information content (AvgIpc) is 3.11. The molecule has 3 aliphatic rings. The summed E-state index contributed by atoms with van der Waals surface area (Å²) in [5.74, 6) is 4.32. The predicted molar refractivity (Wildman–Crippen MR) is 120 cm³/mol. The molecule has 5 atom stereocenters. The van der Waals surface area contributed by atoms with Gasteiger partial charge in [0.05, 0.1) is 0 Å². The third kappa shape index (κ3) is 4.63. The topological polar surface area (TPSA) is 0 Å². The zero-order valence-corrected chi connectivity index (χ0v) is 18.8. The molecule has 3 saturated carbocycles. The fourth-order valence-electron chi connectivity index (χ4n) is 6.38. The van der Waals surface area contributed by atoms with Crippen molar-refractivity contribution in [3.05, 3.63) is 35.5 Å². The Hall–Kier alpha value is -0.780. The van der Waals surface area contributed by atoms with E-state index in [2.05, 4.69) is 53.3 Å². The van der Waals surface area contributed by atoms with E-state index in [1.807, 2.05) is 0 Å². The van der Waals surface area contributed by atoms with Crippen LogP contribution in [0.15, 0.2) is 35.5 Å². The minimum absolute atomic E-state index is 0.573. The van der Waals surface area contributed by atoms with Crippen molar-refractivity contribution in [3.8, 4) is 0 Å². The van der Waals surface area contributed by atoms with Gasteiger partial charge < -0.3 is 0 Å². The van der Waals surface area contributed by atoms with E-state index in [9.17, 15) is 0 Å². The van der Waals surface area contributed by atoms with Gasteiger partial charge in [-0.25, -0.2) is 0 Å². The summed E-state index contributed by atoms with van der Waals surface area (Å²) in [6.07, 6.45) is 18.8. The Kier molecular flexibility index (Phi) is 6.75. The Bertz CT molecular complexity index is 589. The predicted octanol–water partition coefficient (Wildman–Crippen LogP) is 8.50. The van der Waals surface area contributed by atoms with E-state index in [0.29, 0.717) is 5.41 Å². The Morgan fingerprint density at radius 1 is 1.15 bits per heavy atom. The van der Waals surface area contributed by atoms with Crippen molar-refractivity contribution in [3.63, 3.8) is 0 Å². The molecule has 0 heterocycles. The monoisotopic (exact) mass is 368 g/mol. The number of allylic oxidation sites excluding steroid dienone is 5. The smallest absolute Gasteiger partial charge is 0.0143 e. The number of hydrogen-bond donors (Lipinski definition) is 0. The maximum absolute atomic E-state index is 4.30. The van der Waals surface area contributed by atoms with Gasteiger partial charge in [-0.15, -0.1) is 0 Å². The first-order valence-corrected chi connectivity index (χ1v) is 11.9. The Labute approximate surface area is 169 Å².